The fourth-order valence-corrected chi connectivity index (χ4v) is 5.62. The van der Waals surface area contributed by atoms with E-state index in [9.17, 15) is 24.6 Å². The molecular weight excluding hydrogens is 528 g/mol. The highest BCUT2D eigenvalue weighted by Crippen LogP contribution is 2.51. The second kappa shape index (κ2) is 13.6. The molecule has 2 aromatic rings. The van der Waals surface area contributed by atoms with Gasteiger partial charge >= 0.3 is 0 Å². The van der Waals surface area contributed by atoms with E-state index in [-0.39, 0.29) is 37.6 Å². The van der Waals surface area contributed by atoms with Crippen molar-refractivity contribution < 1.29 is 38.8 Å². The standard InChI is InChI=1S/C31H38N2O8/c1-4-5-10-26(36)33(13-11-20-8-6-7-9-24(20)39-2)23-17-22(31(38)32-12-14-34)27-21-15-19(18-35)16-25(40-3)29(21)41-30(27)28(23)37/h6-9,15-18,23,27-28,30,34,37H,4-5,10-14H2,1-3H3,(H,32,38)/t23-,27+,28+,30+/m1/s1. The topological polar surface area (TPSA) is 135 Å². The number of hydrogen-bond donors (Lipinski definition) is 3. The van der Waals surface area contributed by atoms with Crippen LogP contribution >= 0.6 is 0 Å². The third-order valence-corrected chi connectivity index (χ3v) is 7.65. The van der Waals surface area contributed by atoms with Gasteiger partial charge < -0.3 is 34.6 Å². The molecule has 2 aliphatic rings. The van der Waals surface area contributed by atoms with E-state index >= 15 is 0 Å². The number of aldehydes is 1. The monoisotopic (exact) mass is 566 g/mol. The van der Waals surface area contributed by atoms with Crippen LogP contribution in [0.1, 0.15) is 53.6 Å². The molecule has 0 fully saturated rings. The summed E-state index contributed by atoms with van der Waals surface area (Å²) >= 11 is 0. The molecule has 10 heteroatoms. The van der Waals surface area contributed by atoms with Crippen molar-refractivity contribution in [3.63, 3.8) is 0 Å². The molecule has 0 spiro atoms. The van der Waals surface area contributed by atoms with Crippen molar-refractivity contribution in [3.05, 3.63) is 64.7 Å². The van der Waals surface area contributed by atoms with Gasteiger partial charge in [0.15, 0.2) is 11.5 Å². The van der Waals surface area contributed by atoms with Crippen LogP contribution in [0.3, 0.4) is 0 Å². The van der Waals surface area contributed by atoms with E-state index in [1.165, 1.54) is 13.2 Å². The van der Waals surface area contributed by atoms with Crippen molar-refractivity contribution in [1.82, 2.24) is 10.2 Å². The van der Waals surface area contributed by atoms with Crippen LogP contribution in [-0.4, -0.2) is 85.4 Å². The van der Waals surface area contributed by atoms with E-state index < -0.39 is 30.1 Å². The van der Waals surface area contributed by atoms with Crippen LogP contribution in [-0.2, 0) is 16.0 Å². The Hall–Kier alpha value is -3.89. The number of fused-ring (bicyclic) bond motifs is 3. The number of carbonyl (C=O) groups is 3. The minimum Gasteiger partial charge on any atom is -0.496 e. The maximum Gasteiger partial charge on any atom is 0.247 e. The zero-order valence-corrected chi connectivity index (χ0v) is 23.7. The highest BCUT2D eigenvalue weighted by atomic mass is 16.5. The molecule has 0 aromatic heterocycles. The van der Waals surface area contributed by atoms with Gasteiger partial charge in [0.25, 0.3) is 0 Å². The Balaban J connectivity index is 1.77. The van der Waals surface area contributed by atoms with Crippen LogP contribution in [0, 0.1) is 0 Å². The molecule has 4 atom stereocenters. The van der Waals surface area contributed by atoms with Crippen molar-refractivity contribution in [2.24, 2.45) is 0 Å². The van der Waals surface area contributed by atoms with Crippen LogP contribution in [0.4, 0.5) is 0 Å². The van der Waals surface area contributed by atoms with Crippen molar-refractivity contribution in [3.8, 4) is 17.2 Å². The average Bonchev–Trinajstić information content (AvgIpc) is 3.39. The molecule has 2 aromatic carbocycles. The van der Waals surface area contributed by atoms with Gasteiger partial charge in [-0.25, -0.2) is 0 Å². The highest BCUT2D eigenvalue weighted by Gasteiger charge is 2.51. The number of ether oxygens (including phenoxy) is 3. The lowest BCUT2D eigenvalue weighted by Gasteiger charge is -2.41. The van der Waals surface area contributed by atoms with E-state index in [0.717, 1.165) is 12.0 Å². The number of carbonyl (C=O) groups excluding carboxylic acids is 3. The largest absolute Gasteiger partial charge is 0.496 e. The summed E-state index contributed by atoms with van der Waals surface area (Å²) in [5.74, 6) is 0.0301. The Bertz CT molecular complexity index is 1290. The van der Waals surface area contributed by atoms with Crippen LogP contribution in [0.25, 0.3) is 0 Å². The van der Waals surface area contributed by atoms with Gasteiger partial charge in [-0.15, -0.1) is 0 Å². The summed E-state index contributed by atoms with van der Waals surface area (Å²) in [6.45, 7) is 2.05. The second-order valence-corrected chi connectivity index (χ2v) is 10.2. The number of rotatable bonds is 13. The van der Waals surface area contributed by atoms with E-state index in [2.05, 4.69) is 5.32 Å². The van der Waals surface area contributed by atoms with Crippen molar-refractivity contribution in [2.75, 3.05) is 33.9 Å². The van der Waals surface area contributed by atoms with E-state index in [0.29, 0.717) is 47.5 Å². The number of methoxy groups -OCH3 is 2. The quantitative estimate of drug-likeness (QED) is 0.315. The summed E-state index contributed by atoms with van der Waals surface area (Å²) in [6, 6.07) is 9.85. The number of para-hydroxylation sites is 1. The van der Waals surface area contributed by atoms with Crippen LogP contribution < -0.4 is 19.5 Å². The van der Waals surface area contributed by atoms with Gasteiger partial charge in [0, 0.05) is 36.2 Å². The minimum absolute atomic E-state index is 0.0269. The summed E-state index contributed by atoms with van der Waals surface area (Å²) in [5, 5.41) is 23.8. The Morgan fingerprint density at radius 3 is 2.59 bits per heavy atom. The van der Waals surface area contributed by atoms with Gasteiger partial charge in [-0.05, 0) is 42.7 Å². The molecule has 0 radical (unpaired) electrons. The molecule has 41 heavy (non-hydrogen) atoms. The van der Waals surface area contributed by atoms with Crippen molar-refractivity contribution in [1.29, 1.82) is 0 Å². The zero-order valence-electron chi connectivity index (χ0n) is 23.7. The van der Waals surface area contributed by atoms with Gasteiger partial charge in [0.1, 0.15) is 24.2 Å². The van der Waals surface area contributed by atoms with Gasteiger partial charge in [-0.2, -0.15) is 0 Å². The van der Waals surface area contributed by atoms with Gasteiger partial charge in [-0.3, -0.25) is 14.4 Å². The summed E-state index contributed by atoms with van der Waals surface area (Å²) in [7, 11) is 3.04. The molecule has 220 valence electrons. The number of aliphatic hydroxyl groups excluding tert-OH is 2. The minimum atomic E-state index is -1.19. The maximum atomic E-state index is 13.6. The molecule has 3 N–H and O–H groups in total. The van der Waals surface area contributed by atoms with Crippen LogP contribution in [0.15, 0.2) is 48.0 Å². The van der Waals surface area contributed by atoms with E-state index in [4.69, 9.17) is 14.2 Å². The van der Waals surface area contributed by atoms with E-state index in [1.54, 1.807) is 24.2 Å². The molecule has 0 saturated heterocycles. The van der Waals surface area contributed by atoms with E-state index in [1.807, 2.05) is 31.2 Å². The Kier molecular flexibility index (Phi) is 10.0. The van der Waals surface area contributed by atoms with Crippen LogP contribution in [0.2, 0.25) is 0 Å². The predicted molar refractivity (Wildman–Crippen MR) is 151 cm³/mol. The molecule has 1 aliphatic carbocycles. The van der Waals surface area contributed by atoms with Gasteiger partial charge in [0.05, 0.1) is 32.8 Å². The first kappa shape index (κ1) is 30.1. The summed E-state index contributed by atoms with van der Waals surface area (Å²) in [6.07, 6.45) is 2.47. The first-order valence-corrected chi connectivity index (χ1v) is 13.9. The number of hydrogen-bond acceptors (Lipinski definition) is 8. The molecular formula is C31H38N2O8. The number of benzene rings is 2. The van der Waals surface area contributed by atoms with Gasteiger partial charge in [-0.1, -0.05) is 31.5 Å². The maximum absolute atomic E-state index is 13.6. The summed E-state index contributed by atoms with van der Waals surface area (Å²) in [4.78, 5) is 40.3. The highest BCUT2D eigenvalue weighted by molar-refractivity contribution is 5.96. The average molecular weight is 567 g/mol. The third kappa shape index (κ3) is 6.23. The summed E-state index contributed by atoms with van der Waals surface area (Å²) < 4.78 is 17.2. The SMILES string of the molecule is CCCCC(=O)N(CCc1ccccc1OC)[C@@H]1C=C(C(=O)NCCO)[C@@H]2c3cc(C=O)cc(OC)c3O[C@@H]2[C@H]1O. The normalized spacial score (nSPS) is 20.7. The molecule has 10 nitrogen and oxygen atoms in total. The number of unbranched alkanes of at least 4 members (excludes halogenated alkanes) is 1. The fraction of sp³-hybridized carbons (Fsp3) is 0.452. The second-order valence-electron chi connectivity index (χ2n) is 10.2. The lowest BCUT2D eigenvalue weighted by molar-refractivity contribution is -0.137. The summed E-state index contributed by atoms with van der Waals surface area (Å²) in [5.41, 5.74) is 2.07. The van der Waals surface area contributed by atoms with Crippen molar-refractivity contribution in [2.45, 2.75) is 56.8 Å². The predicted octanol–water partition coefficient (Wildman–Crippen LogP) is 2.40. The molecule has 2 amide bonds. The molecule has 0 bridgehead atoms. The first-order chi connectivity index (χ1) is 19.9. The van der Waals surface area contributed by atoms with Gasteiger partial charge in [0.2, 0.25) is 11.8 Å². The molecule has 0 saturated carbocycles. The lowest BCUT2D eigenvalue weighted by atomic mass is 9.77. The number of nitrogens with zero attached hydrogens (tertiary/aromatic N) is 1. The zero-order chi connectivity index (χ0) is 29.5. The molecule has 1 heterocycles. The molecule has 0 unspecified atom stereocenters. The first-order valence-electron chi connectivity index (χ1n) is 13.9. The number of amides is 2. The third-order valence-electron chi connectivity index (χ3n) is 7.65. The lowest BCUT2D eigenvalue weighted by Crippen LogP contribution is -2.56. The smallest absolute Gasteiger partial charge is 0.247 e. The molecule has 1 aliphatic heterocycles. The molecule has 4 rings (SSSR count). The van der Waals surface area contributed by atoms with Crippen LogP contribution in [0.5, 0.6) is 17.2 Å². The number of nitrogens with one attached hydrogen (secondary N) is 1. The Labute approximate surface area is 239 Å². The Morgan fingerprint density at radius 1 is 1.15 bits per heavy atom. The number of aliphatic hydroxyl groups is 2. The fourth-order valence-electron chi connectivity index (χ4n) is 5.62. The Morgan fingerprint density at radius 2 is 1.90 bits per heavy atom. The van der Waals surface area contributed by atoms with Crippen molar-refractivity contribution >= 4 is 18.1 Å².